The zero-order valence-corrected chi connectivity index (χ0v) is 11.9. The Morgan fingerprint density at radius 1 is 1.26 bits per heavy atom. The van der Waals surface area contributed by atoms with Crippen molar-refractivity contribution in [1.29, 1.82) is 0 Å². The van der Waals surface area contributed by atoms with Gasteiger partial charge in [-0.2, -0.15) is 0 Å². The van der Waals surface area contributed by atoms with E-state index in [-0.39, 0.29) is 5.91 Å². The highest BCUT2D eigenvalue weighted by Crippen LogP contribution is 2.17. The number of hydrogen-bond acceptors (Lipinski definition) is 4. The maximum absolute atomic E-state index is 12.0. The Kier molecular flexibility index (Phi) is 4.52. The van der Waals surface area contributed by atoms with Crippen molar-refractivity contribution in [1.82, 2.24) is 4.98 Å². The zero-order valence-electron chi connectivity index (χ0n) is 11.1. The van der Waals surface area contributed by atoms with Crippen LogP contribution in [0.15, 0.2) is 35.8 Å². The Labute approximate surface area is 117 Å². The van der Waals surface area contributed by atoms with Crippen LogP contribution in [-0.2, 0) is 0 Å². The van der Waals surface area contributed by atoms with Crippen molar-refractivity contribution < 1.29 is 4.79 Å². The van der Waals surface area contributed by atoms with E-state index in [1.54, 1.807) is 6.20 Å². The van der Waals surface area contributed by atoms with E-state index < -0.39 is 0 Å². The van der Waals surface area contributed by atoms with Gasteiger partial charge in [0.2, 0.25) is 0 Å². The minimum Gasteiger partial charge on any atom is -0.372 e. The van der Waals surface area contributed by atoms with Gasteiger partial charge in [-0.25, -0.2) is 4.98 Å². The van der Waals surface area contributed by atoms with E-state index in [1.165, 1.54) is 11.3 Å². The summed E-state index contributed by atoms with van der Waals surface area (Å²) >= 11 is 1.41. The lowest BCUT2D eigenvalue weighted by atomic mass is 10.2. The second-order valence-electron chi connectivity index (χ2n) is 4.01. The van der Waals surface area contributed by atoms with Crippen molar-refractivity contribution in [2.24, 2.45) is 0 Å². The summed E-state index contributed by atoms with van der Waals surface area (Å²) in [6.45, 7) is 6.15. The number of anilines is 2. The summed E-state index contributed by atoms with van der Waals surface area (Å²) in [5.41, 5.74) is 1.78. The molecule has 2 rings (SSSR count). The molecule has 100 valence electrons. The van der Waals surface area contributed by atoms with E-state index >= 15 is 0 Å². The number of aromatic nitrogens is 1. The van der Waals surface area contributed by atoms with Crippen LogP contribution in [0.3, 0.4) is 0 Å². The molecule has 1 aromatic carbocycles. The van der Waals surface area contributed by atoms with Crippen LogP contribution in [0.5, 0.6) is 0 Å². The molecule has 1 aromatic heterocycles. The number of nitrogens with zero attached hydrogens (tertiary/aromatic N) is 2. The molecule has 19 heavy (non-hydrogen) atoms. The largest absolute Gasteiger partial charge is 0.372 e. The Morgan fingerprint density at radius 2 is 1.95 bits per heavy atom. The fraction of sp³-hybridized carbons (Fsp3) is 0.286. The van der Waals surface area contributed by atoms with Gasteiger partial charge in [-0.05, 0) is 38.1 Å². The summed E-state index contributed by atoms with van der Waals surface area (Å²) in [5, 5.41) is 5.23. The molecule has 0 saturated carbocycles. The number of hydrogen-bond donors (Lipinski definition) is 1. The molecule has 0 radical (unpaired) electrons. The van der Waals surface area contributed by atoms with E-state index in [9.17, 15) is 4.79 Å². The zero-order chi connectivity index (χ0) is 13.7. The van der Waals surface area contributed by atoms with Crippen LogP contribution in [-0.4, -0.2) is 24.0 Å². The molecule has 0 fully saturated rings. The van der Waals surface area contributed by atoms with Crippen molar-refractivity contribution in [2.75, 3.05) is 23.3 Å². The highest BCUT2D eigenvalue weighted by atomic mass is 32.1. The molecule has 0 aliphatic carbocycles. The van der Waals surface area contributed by atoms with Gasteiger partial charge < -0.3 is 4.90 Å². The summed E-state index contributed by atoms with van der Waals surface area (Å²) in [4.78, 5) is 18.2. The van der Waals surface area contributed by atoms with Crippen LogP contribution >= 0.6 is 11.3 Å². The maximum atomic E-state index is 12.0. The second kappa shape index (κ2) is 6.33. The topological polar surface area (TPSA) is 45.2 Å². The van der Waals surface area contributed by atoms with Crippen LogP contribution in [0.2, 0.25) is 0 Å². The summed E-state index contributed by atoms with van der Waals surface area (Å²) < 4.78 is 0. The number of carbonyl (C=O) groups is 1. The molecule has 0 saturated heterocycles. The van der Waals surface area contributed by atoms with Crippen LogP contribution in [0.4, 0.5) is 10.8 Å². The standard InChI is InChI=1S/C14H17N3OS/c1-3-17(4-2)12-7-5-11(6-8-12)13(18)16-14-15-9-10-19-14/h5-10H,3-4H2,1-2H3,(H,15,16,18). The first-order valence-electron chi connectivity index (χ1n) is 6.30. The van der Waals surface area contributed by atoms with Gasteiger partial charge in [-0.3, -0.25) is 10.1 Å². The molecule has 0 spiro atoms. The summed E-state index contributed by atoms with van der Waals surface area (Å²) in [5.74, 6) is -0.124. The molecule has 0 bridgehead atoms. The monoisotopic (exact) mass is 275 g/mol. The minimum atomic E-state index is -0.124. The predicted molar refractivity (Wildman–Crippen MR) is 80.1 cm³/mol. The fourth-order valence-corrected chi connectivity index (χ4v) is 2.39. The number of amides is 1. The molecular weight excluding hydrogens is 258 g/mol. The molecule has 5 heteroatoms. The van der Waals surface area contributed by atoms with Crippen LogP contribution in [0, 0.1) is 0 Å². The lowest BCUT2D eigenvalue weighted by Gasteiger charge is -2.20. The van der Waals surface area contributed by atoms with Gasteiger partial charge in [-0.1, -0.05) is 0 Å². The molecule has 2 aromatic rings. The Bertz CT molecular complexity index is 518. The summed E-state index contributed by atoms with van der Waals surface area (Å²) in [7, 11) is 0. The minimum absolute atomic E-state index is 0.124. The fourth-order valence-electron chi connectivity index (χ4n) is 1.87. The number of rotatable bonds is 5. The highest BCUT2D eigenvalue weighted by molar-refractivity contribution is 7.13. The molecular formula is C14H17N3OS. The molecule has 0 atom stereocenters. The van der Waals surface area contributed by atoms with E-state index in [2.05, 4.69) is 29.0 Å². The van der Waals surface area contributed by atoms with Crippen LogP contribution in [0.25, 0.3) is 0 Å². The Balaban J connectivity index is 2.07. The van der Waals surface area contributed by atoms with Gasteiger partial charge in [0, 0.05) is 35.9 Å². The van der Waals surface area contributed by atoms with Gasteiger partial charge >= 0.3 is 0 Å². The third-order valence-corrected chi connectivity index (χ3v) is 3.60. The molecule has 0 aliphatic heterocycles. The van der Waals surface area contributed by atoms with Crippen molar-refractivity contribution >= 4 is 28.1 Å². The van der Waals surface area contributed by atoms with Gasteiger partial charge in [0.25, 0.3) is 5.91 Å². The van der Waals surface area contributed by atoms with E-state index in [4.69, 9.17) is 0 Å². The van der Waals surface area contributed by atoms with Gasteiger partial charge in [0.1, 0.15) is 0 Å². The first-order valence-corrected chi connectivity index (χ1v) is 7.18. The third-order valence-electron chi connectivity index (χ3n) is 2.91. The smallest absolute Gasteiger partial charge is 0.257 e. The van der Waals surface area contributed by atoms with Crippen LogP contribution < -0.4 is 10.2 Å². The molecule has 0 aliphatic rings. The van der Waals surface area contributed by atoms with Crippen LogP contribution in [0.1, 0.15) is 24.2 Å². The number of nitrogens with one attached hydrogen (secondary N) is 1. The quantitative estimate of drug-likeness (QED) is 0.911. The first-order chi connectivity index (χ1) is 9.24. The van der Waals surface area contributed by atoms with Crippen molar-refractivity contribution in [3.63, 3.8) is 0 Å². The SMILES string of the molecule is CCN(CC)c1ccc(C(=O)Nc2nccs2)cc1. The average Bonchev–Trinajstić information content (AvgIpc) is 2.94. The van der Waals surface area contributed by atoms with Gasteiger partial charge in [0.15, 0.2) is 5.13 Å². The predicted octanol–water partition coefficient (Wildman–Crippen LogP) is 3.24. The molecule has 1 N–H and O–H groups in total. The molecule has 0 unspecified atom stereocenters. The molecule has 4 nitrogen and oxygen atoms in total. The number of benzene rings is 1. The maximum Gasteiger partial charge on any atom is 0.257 e. The van der Waals surface area contributed by atoms with Crippen molar-refractivity contribution in [2.45, 2.75) is 13.8 Å². The second-order valence-corrected chi connectivity index (χ2v) is 4.91. The van der Waals surface area contributed by atoms with E-state index in [0.717, 1.165) is 18.8 Å². The first kappa shape index (κ1) is 13.5. The number of carbonyl (C=O) groups excluding carboxylic acids is 1. The van der Waals surface area contributed by atoms with Gasteiger partial charge in [-0.15, -0.1) is 11.3 Å². The lowest BCUT2D eigenvalue weighted by molar-refractivity contribution is 0.102. The third kappa shape index (κ3) is 3.32. The average molecular weight is 275 g/mol. The summed E-state index contributed by atoms with van der Waals surface area (Å²) in [6.07, 6.45) is 1.67. The lowest BCUT2D eigenvalue weighted by Crippen LogP contribution is -2.21. The molecule has 1 heterocycles. The van der Waals surface area contributed by atoms with Gasteiger partial charge in [0.05, 0.1) is 0 Å². The Hall–Kier alpha value is -1.88. The summed E-state index contributed by atoms with van der Waals surface area (Å²) in [6, 6.07) is 7.64. The van der Waals surface area contributed by atoms with E-state index in [0.29, 0.717) is 10.7 Å². The normalized spacial score (nSPS) is 10.2. The van der Waals surface area contributed by atoms with E-state index in [1.807, 2.05) is 29.6 Å². The van der Waals surface area contributed by atoms with Crippen molar-refractivity contribution in [3.8, 4) is 0 Å². The number of thiazole rings is 1. The van der Waals surface area contributed by atoms with Crippen molar-refractivity contribution in [3.05, 3.63) is 41.4 Å². The molecule has 1 amide bonds. The Morgan fingerprint density at radius 3 is 2.47 bits per heavy atom. The highest BCUT2D eigenvalue weighted by Gasteiger charge is 2.08.